The lowest BCUT2D eigenvalue weighted by Crippen LogP contribution is -2.43. The maximum Gasteiger partial charge on any atom is 0.234 e. The summed E-state index contributed by atoms with van der Waals surface area (Å²) in [7, 11) is 1.66. The first kappa shape index (κ1) is 19.2. The minimum Gasteiger partial charge on any atom is -0.497 e. The first-order valence-electron chi connectivity index (χ1n) is 9.90. The molecule has 0 radical (unpaired) electrons. The number of ether oxygens (including phenoxy) is 1. The van der Waals surface area contributed by atoms with Crippen LogP contribution in [-0.2, 0) is 11.2 Å². The summed E-state index contributed by atoms with van der Waals surface area (Å²) in [6.45, 7) is 3.12. The normalized spacial score (nSPS) is 17.4. The van der Waals surface area contributed by atoms with Crippen LogP contribution in [0.15, 0.2) is 60.9 Å². The Bertz CT molecular complexity index is 953. The first-order chi connectivity index (χ1) is 14.2. The van der Waals surface area contributed by atoms with E-state index in [0.29, 0.717) is 6.54 Å². The number of imidazole rings is 1. The minimum absolute atomic E-state index is 0.0128. The maximum absolute atomic E-state index is 12.8. The van der Waals surface area contributed by atoms with E-state index in [0.717, 1.165) is 41.2 Å². The van der Waals surface area contributed by atoms with Gasteiger partial charge in [0, 0.05) is 18.7 Å². The van der Waals surface area contributed by atoms with Crippen LogP contribution < -0.4 is 10.1 Å². The van der Waals surface area contributed by atoms with Crippen molar-refractivity contribution in [3.05, 3.63) is 83.4 Å². The summed E-state index contributed by atoms with van der Waals surface area (Å²) in [5.41, 5.74) is 4.33. The van der Waals surface area contributed by atoms with Crippen LogP contribution in [0.3, 0.4) is 0 Å². The number of amides is 1. The highest BCUT2D eigenvalue weighted by Gasteiger charge is 2.32. The van der Waals surface area contributed by atoms with E-state index in [-0.39, 0.29) is 18.0 Å². The summed E-state index contributed by atoms with van der Waals surface area (Å²) in [4.78, 5) is 22.8. The topological polar surface area (TPSA) is 70.2 Å². The third-order valence-electron chi connectivity index (χ3n) is 5.48. The molecule has 0 bridgehead atoms. The average molecular weight is 390 g/mol. The highest BCUT2D eigenvalue weighted by Crippen LogP contribution is 2.33. The molecule has 1 aliphatic rings. The van der Waals surface area contributed by atoms with Crippen LogP contribution in [0.2, 0.25) is 0 Å². The summed E-state index contributed by atoms with van der Waals surface area (Å²) < 4.78 is 5.29. The van der Waals surface area contributed by atoms with Crippen molar-refractivity contribution < 1.29 is 9.53 Å². The molecule has 0 saturated heterocycles. The zero-order chi connectivity index (χ0) is 20.2. The van der Waals surface area contributed by atoms with Crippen molar-refractivity contribution in [2.24, 2.45) is 0 Å². The molecular weight excluding hydrogens is 364 g/mol. The van der Waals surface area contributed by atoms with Crippen molar-refractivity contribution in [1.82, 2.24) is 20.2 Å². The quantitative estimate of drug-likeness (QED) is 0.678. The van der Waals surface area contributed by atoms with E-state index < -0.39 is 0 Å². The van der Waals surface area contributed by atoms with Gasteiger partial charge in [-0.2, -0.15) is 0 Å². The Morgan fingerprint density at radius 1 is 1.24 bits per heavy atom. The predicted octanol–water partition coefficient (Wildman–Crippen LogP) is 3.24. The minimum atomic E-state index is -0.0614. The number of fused-ring (bicyclic) bond motifs is 1. The van der Waals surface area contributed by atoms with Gasteiger partial charge >= 0.3 is 0 Å². The first-order valence-corrected chi connectivity index (χ1v) is 9.90. The molecular formula is C23H26N4O2. The van der Waals surface area contributed by atoms with Gasteiger partial charge in [-0.3, -0.25) is 9.69 Å². The number of nitrogens with zero attached hydrogens (tertiary/aromatic N) is 2. The van der Waals surface area contributed by atoms with Crippen molar-refractivity contribution in [2.45, 2.75) is 25.4 Å². The molecule has 2 atom stereocenters. The summed E-state index contributed by atoms with van der Waals surface area (Å²) >= 11 is 0. The number of H-pyrrole nitrogens is 1. The van der Waals surface area contributed by atoms with Gasteiger partial charge in [-0.05, 0) is 30.2 Å². The van der Waals surface area contributed by atoms with Gasteiger partial charge in [0.05, 0.1) is 37.8 Å². The number of carbonyl (C=O) groups is 1. The lowest BCUT2D eigenvalue weighted by atomic mass is 9.95. The number of carbonyl (C=O) groups excluding carboxylic acids is 1. The van der Waals surface area contributed by atoms with E-state index in [1.165, 1.54) is 0 Å². The van der Waals surface area contributed by atoms with Crippen molar-refractivity contribution >= 4 is 5.91 Å². The van der Waals surface area contributed by atoms with Crippen molar-refractivity contribution in [1.29, 1.82) is 0 Å². The second-order valence-corrected chi connectivity index (χ2v) is 7.36. The lowest BCUT2D eigenvalue weighted by Gasteiger charge is -2.35. The highest BCUT2D eigenvalue weighted by molar-refractivity contribution is 5.78. The molecule has 3 aromatic rings. The summed E-state index contributed by atoms with van der Waals surface area (Å²) in [6.07, 6.45) is 2.59. The SMILES string of the molecule is COc1ccc([C@@H]2c3nc[nH]c3CCN2CC(=O)N[C@@H](C)c2ccccc2)cc1. The number of methoxy groups -OCH3 is 1. The second kappa shape index (κ2) is 8.49. The van der Waals surface area contributed by atoms with Crippen LogP contribution in [0.5, 0.6) is 5.75 Å². The third kappa shape index (κ3) is 4.17. The van der Waals surface area contributed by atoms with E-state index in [1.54, 1.807) is 13.4 Å². The van der Waals surface area contributed by atoms with Crippen molar-refractivity contribution in [3.63, 3.8) is 0 Å². The molecule has 1 aromatic heterocycles. The Kier molecular flexibility index (Phi) is 5.62. The second-order valence-electron chi connectivity index (χ2n) is 7.36. The smallest absolute Gasteiger partial charge is 0.234 e. The number of hydrogen-bond acceptors (Lipinski definition) is 4. The fourth-order valence-electron chi connectivity index (χ4n) is 3.95. The molecule has 0 aliphatic carbocycles. The Hall–Kier alpha value is -3.12. The number of benzene rings is 2. The predicted molar refractivity (Wildman–Crippen MR) is 112 cm³/mol. The summed E-state index contributed by atoms with van der Waals surface area (Å²) in [6, 6.07) is 17.9. The zero-order valence-electron chi connectivity index (χ0n) is 16.8. The van der Waals surface area contributed by atoms with E-state index in [1.807, 2.05) is 61.5 Å². The summed E-state index contributed by atoms with van der Waals surface area (Å²) in [5.74, 6) is 0.826. The van der Waals surface area contributed by atoms with Gasteiger partial charge in [0.15, 0.2) is 0 Å². The molecule has 2 aromatic carbocycles. The van der Waals surface area contributed by atoms with Crippen LogP contribution in [0.1, 0.15) is 41.5 Å². The molecule has 0 spiro atoms. The van der Waals surface area contributed by atoms with E-state index in [9.17, 15) is 4.79 Å². The standard InChI is InChI=1S/C23H26N4O2/c1-16(17-6-4-3-5-7-17)26-21(28)14-27-13-12-20-22(25-15-24-20)23(27)18-8-10-19(29-2)11-9-18/h3-11,15-16,23H,12-14H2,1-2H3,(H,24,25)(H,26,28)/t16-,23+/m0/s1. The van der Waals surface area contributed by atoms with E-state index in [4.69, 9.17) is 4.74 Å². The molecule has 150 valence electrons. The molecule has 1 amide bonds. The maximum atomic E-state index is 12.8. The zero-order valence-corrected chi connectivity index (χ0v) is 16.8. The van der Waals surface area contributed by atoms with Crippen molar-refractivity contribution in [3.8, 4) is 5.75 Å². The molecule has 6 heteroatoms. The Morgan fingerprint density at radius 3 is 2.72 bits per heavy atom. The fourth-order valence-corrected chi connectivity index (χ4v) is 3.95. The van der Waals surface area contributed by atoms with Gasteiger partial charge in [0.2, 0.25) is 5.91 Å². The molecule has 4 rings (SSSR count). The molecule has 2 heterocycles. The van der Waals surface area contributed by atoms with Gasteiger partial charge in [0.1, 0.15) is 5.75 Å². The van der Waals surface area contributed by atoms with Crippen LogP contribution in [0.25, 0.3) is 0 Å². The largest absolute Gasteiger partial charge is 0.497 e. The van der Waals surface area contributed by atoms with Crippen LogP contribution >= 0.6 is 0 Å². The number of hydrogen-bond donors (Lipinski definition) is 2. The molecule has 29 heavy (non-hydrogen) atoms. The molecule has 2 N–H and O–H groups in total. The Labute approximate surface area is 170 Å². The number of rotatable bonds is 6. The molecule has 0 unspecified atom stereocenters. The molecule has 6 nitrogen and oxygen atoms in total. The number of aromatic nitrogens is 2. The van der Waals surface area contributed by atoms with E-state index >= 15 is 0 Å². The fraction of sp³-hybridized carbons (Fsp3) is 0.304. The third-order valence-corrected chi connectivity index (χ3v) is 5.48. The van der Waals surface area contributed by atoms with Crippen molar-refractivity contribution in [2.75, 3.05) is 20.2 Å². The molecule has 0 fully saturated rings. The highest BCUT2D eigenvalue weighted by atomic mass is 16.5. The average Bonchev–Trinajstić information content (AvgIpc) is 3.23. The van der Waals surface area contributed by atoms with E-state index in [2.05, 4.69) is 20.2 Å². The monoisotopic (exact) mass is 390 g/mol. The number of aromatic amines is 1. The van der Waals surface area contributed by atoms with Crippen LogP contribution in [0, 0.1) is 0 Å². The number of nitrogens with one attached hydrogen (secondary N) is 2. The van der Waals surface area contributed by atoms with Gasteiger partial charge in [-0.15, -0.1) is 0 Å². The molecule has 1 aliphatic heterocycles. The van der Waals surface area contributed by atoms with Crippen LogP contribution in [-0.4, -0.2) is 41.0 Å². The summed E-state index contributed by atoms with van der Waals surface area (Å²) in [5, 5.41) is 3.12. The Balaban J connectivity index is 1.52. The Morgan fingerprint density at radius 2 is 2.00 bits per heavy atom. The van der Waals surface area contributed by atoms with Gasteiger partial charge in [-0.25, -0.2) is 4.98 Å². The van der Waals surface area contributed by atoms with Gasteiger partial charge < -0.3 is 15.0 Å². The van der Waals surface area contributed by atoms with Gasteiger partial charge in [0.25, 0.3) is 0 Å². The lowest BCUT2D eigenvalue weighted by molar-refractivity contribution is -0.123. The molecule has 0 saturated carbocycles. The van der Waals surface area contributed by atoms with Gasteiger partial charge in [-0.1, -0.05) is 42.5 Å². The van der Waals surface area contributed by atoms with Crippen LogP contribution in [0.4, 0.5) is 0 Å².